The molecule has 0 saturated heterocycles. The highest BCUT2D eigenvalue weighted by Crippen LogP contribution is 2.43. The highest BCUT2D eigenvalue weighted by Gasteiger charge is 2.20. The zero-order valence-electron chi connectivity index (χ0n) is 30.8. The first kappa shape index (κ1) is 32.7. The number of rotatable bonds is 7. The number of fused-ring (bicyclic) bond motifs is 6. The summed E-state index contributed by atoms with van der Waals surface area (Å²) in [4.78, 5) is 7.28. The van der Waals surface area contributed by atoms with Gasteiger partial charge in [0.1, 0.15) is 16.7 Å². The van der Waals surface area contributed by atoms with Crippen LogP contribution in [0.1, 0.15) is 0 Å². The number of aromatic nitrogens is 1. The van der Waals surface area contributed by atoms with Crippen molar-refractivity contribution in [3.05, 3.63) is 206 Å². The molecule has 0 atom stereocenters. The number of benzene rings is 9. The maximum Gasteiger partial charge on any atom is 0.227 e. The van der Waals surface area contributed by atoms with Crippen molar-refractivity contribution < 1.29 is 8.83 Å². The smallest absolute Gasteiger partial charge is 0.227 e. The summed E-state index contributed by atoms with van der Waals surface area (Å²) < 4.78 is 12.6. The van der Waals surface area contributed by atoms with Crippen molar-refractivity contribution in [2.75, 3.05) is 4.90 Å². The van der Waals surface area contributed by atoms with Gasteiger partial charge < -0.3 is 13.7 Å². The van der Waals surface area contributed by atoms with Gasteiger partial charge in [-0.15, -0.1) is 0 Å². The van der Waals surface area contributed by atoms with Crippen LogP contribution in [0.15, 0.2) is 215 Å². The molecule has 0 radical (unpaired) electrons. The van der Waals surface area contributed by atoms with E-state index in [9.17, 15) is 0 Å². The summed E-state index contributed by atoms with van der Waals surface area (Å²) in [5.41, 5.74) is 14.3. The highest BCUT2D eigenvalue weighted by atomic mass is 16.4. The number of oxazole rings is 1. The third-order valence-corrected chi connectivity index (χ3v) is 10.9. The van der Waals surface area contributed by atoms with Gasteiger partial charge in [0.15, 0.2) is 5.58 Å². The molecule has 0 spiro atoms. The third-order valence-electron chi connectivity index (χ3n) is 10.9. The molecule has 0 amide bonds. The van der Waals surface area contributed by atoms with Crippen LogP contribution in [0.3, 0.4) is 0 Å². The van der Waals surface area contributed by atoms with E-state index in [0.29, 0.717) is 5.89 Å². The molecule has 0 aliphatic carbocycles. The number of hydrogen-bond donors (Lipinski definition) is 0. The summed E-state index contributed by atoms with van der Waals surface area (Å²) in [5, 5.41) is 4.37. The number of hydrogen-bond acceptors (Lipinski definition) is 4. The Morgan fingerprint density at radius 1 is 0.351 bits per heavy atom. The van der Waals surface area contributed by atoms with Gasteiger partial charge >= 0.3 is 0 Å². The lowest BCUT2D eigenvalue weighted by atomic mass is 9.96. The van der Waals surface area contributed by atoms with E-state index in [1.807, 2.05) is 42.5 Å². The molecule has 4 nitrogen and oxygen atoms in total. The average Bonchev–Trinajstić information content (AvgIpc) is 3.90. The fourth-order valence-electron chi connectivity index (χ4n) is 8.15. The lowest BCUT2D eigenvalue weighted by Crippen LogP contribution is -2.10. The molecular formula is C53H34N2O2. The van der Waals surface area contributed by atoms with Crippen molar-refractivity contribution in [1.82, 2.24) is 4.98 Å². The van der Waals surface area contributed by atoms with Gasteiger partial charge in [-0.05, 0) is 105 Å². The van der Waals surface area contributed by atoms with E-state index in [4.69, 9.17) is 13.8 Å². The van der Waals surface area contributed by atoms with Crippen LogP contribution in [0, 0.1) is 0 Å². The Hall–Kier alpha value is -7.69. The number of anilines is 3. The van der Waals surface area contributed by atoms with Gasteiger partial charge in [0.25, 0.3) is 0 Å². The molecule has 2 aromatic heterocycles. The van der Waals surface area contributed by atoms with E-state index in [1.165, 1.54) is 33.0 Å². The molecular weight excluding hydrogens is 697 g/mol. The Labute approximate surface area is 329 Å². The Kier molecular flexibility index (Phi) is 7.78. The van der Waals surface area contributed by atoms with Crippen molar-refractivity contribution >= 4 is 60.9 Å². The summed E-state index contributed by atoms with van der Waals surface area (Å²) in [6.45, 7) is 0. The van der Waals surface area contributed by atoms with Crippen LogP contribution in [-0.2, 0) is 0 Å². The Bertz CT molecular complexity index is 3200. The van der Waals surface area contributed by atoms with E-state index in [1.54, 1.807) is 0 Å². The van der Waals surface area contributed by atoms with Gasteiger partial charge in [-0.2, -0.15) is 0 Å². The van der Waals surface area contributed by atoms with Crippen LogP contribution in [0.4, 0.5) is 17.1 Å². The summed E-state index contributed by atoms with van der Waals surface area (Å²) in [6, 6.07) is 72.4. The second-order valence-corrected chi connectivity index (χ2v) is 14.3. The molecule has 9 aromatic carbocycles. The van der Waals surface area contributed by atoms with Crippen LogP contribution in [0.2, 0.25) is 0 Å². The zero-order chi connectivity index (χ0) is 37.7. The first-order valence-corrected chi connectivity index (χ1v) is 19.2. The largest absolute Gasteiger partial charge is 0.456 e. The predicted molar refractivity (Wildman–Crippen MR) is 235 cm³/mol. The first-order chi connectivity index (χ1) is 28.2. The fraction of sp³-hybridized carbons (Fsp3) is 0. The predicted octanol–water partition coefficient (Wildman–Crippen LogP) is 15.0. The van der Waals surface area contributed by atoms with Crippen molar-refractivity contribution in [3.63, 3.8) is 0 Å². The van der Waals surface area contributed by atoms with Gasteiger partial charge in [-0.25, -0.2) is 4.98 Å². The lowest BCUT2D eigenvalue weighted by molar-refractivity contribution is 0.619. The molecule has 2 heterocycles. The van der Waals surface area contributed by atoms with E-state index in [2.05, 4.69) is 169 Å². The normalized spacial score (nSPS) is 11.5. The van der Waals surface area contributed by atoms with E-state index < -0.39 is 0 Å². The molecule has 0 fully saturated rings. The first-order valence-electron chi connectivity index (χ1n) is 19.2. The van der Waals surface area contributed by atoms with Gasteiger partial charge in [0, 0.05) is 27.7 Å². The minimum atomic E-state index is 0.602. The van der Waals surface area contributed by atoms with Gasteiger partial charge in [0.2, 0.25) is 5.89 Å². The quantitative estimate of drug-likeness (QED) is 0.164. The lowest BCUT2D eigenvalue weighted by Gasteiger charge is -2.28. The van der Waals surface area contributed by atoms with Crippen LogP contribution in [0.5, 0.6) is 0 Å². The van der Waals surface area contributed by atoms with E-state index >= 15 is 0 Å². The monoisotopic (exact) mass is 730 g/mol. The molecule has 4 heteroatoms. The van der Waals surface area contributed by atoms with E-state index in [-0.39, 0.29) is 0 Å². The zero-order valence-corrected chi connectivity index (χ0v) is 30.8. The summed E-state index contributed by atoms with van der Waals surface area (Å²) in [5.74, 6) is 0.602. The van der Waals surface area contributed by atoms with Crippen molar-refractivity contribution in [3.8, 4) is 44.8 Å². The molecule has 0 bridgehead atoms. The maximum atomic E-state index is 6.45. The molecule has 0 aliphatic rings. The fourth-order valence-corrected chi connectivity index (χ4v) is 8.15. The van der Waals surface area contributed by atoms with Crippen molar-refractivity contribution in [2.24, 2.45) is 0 Å². The van der Waals surface area contributed by atoms with Crippen molar-refractivity contribution in [2.45, 2.75) is 0 Å². The molecule has 0 N–H and O–H groups in total. The standard InChI is InChI=1S/C53H34N2O2/c1-4-12-35(13-5-1)36-20-25-41(26-21-36)55(47-31-30-43(38-14-6-2-7-15-38)44-18-10-11-19-45(44)47)42-27-22-37(23-28-42)40-24-29-46-50(34-40)56-48-32-33-49-52(51(46)48)54-53(57-49)39-16-8-3-9-17-39/h1-34H. The maximum absolute atomic E-state index is 6.45. The van der Waals surface area contributed by atoms with Crippen LogP contribution < -0.4 is 4.90 Å². The van der Waals surface area contributed by atoms with Gasteiger partial charge in [-0.3, -0.25) is 0 Å². The summed E-state index contributed by atoms with van der Waals surface area (Å²) in [7, 11) is 0. The summed E-state index contributed by atoms with van der Waals surface area (Å²) >= 11 is 0. The molecule has 0 aliphatic heterocycles. The molecule has 57 heavy (non-hydrogen) atoms. The number of furan rings is 1. The van der Waals surface area contributed by atoms with Gasteiger partial charge in [0.05, 0.1) is 11.1 Å². The van der Waals surface area contributed by atoms with Crippen LogP contribution in [-0.4, -0.2) is 4.98 Å². The topological polar surface area (TPSA) is 42.4 Å². The minimum absolute atomic E-state index is 0.602. The van der Waals surface area contributed by atoms with E-state index in [0.717, 1.165) is 66.8 Å². The Morgan fingerprint density at radius 2 is 0.895 bits per heavy atom. The molecule has 268 valence electrons. The van der Waals surface area contributed by atoms with Gasteiger partial charge in [-0.1, -0.05) is 140 Å². The molecule has 0 unspecified atom stereocenters. The SMILES string of the molecule is c1ccc(-c2ccc(N(c3ccc(-c4ccc5c(c4)oc4ccc6oc(-c7ccccc7)nc6c45)cc3)c3ccc(-c4ccccc4)c4ccccc34)cc2)cc1. The second kappa shape index (κ2) is 13.6. The number of nitrogens with zero attached hydrogens (tertiary/aromatic N) is 2. The average molecular weight is 731 g/mol. The third kappa shape index (κ3) is 5.74. The molecule has 0 saturated carbocycles. The minimum Gasteiger partial charge on any atom is -0.456 e. The van der Waals surface area contributed by atoms with Crippen LogP contribution >= 0.6 is 0 Å². The molecule has 11 rings (SSSR count). The van der Waals surface area contributed by atoms with Crippen LogP contribution in [0.25, 0.3) is 88.6 Å². The second-order valence-electron chi connectivity index (χ2n) is 14.3. The van der Waals surface area contributed by atoms with Crippen molar-refractivity contribution in [1.29, 1.82) is 0 Å². The summed E-state index contributed by atoms with van der Waals surface area (Å²) in [6.07, 6.45) is 0. The Morgan fingerprint density at radius 3 is 1.58 bits per heavy atom. The highest BCUT2D eigenvalue weighted by molar-refractivity contribution is 6.17. The molecule has 11 aromatic rings. The Balaban J connectivity index is 0.998.